The molecule has 1 saturated heterocycles. The summed E-state index contributed by atoms with van der Waals surface area (Å²) < 4.78 is 22.8. The first-order valence-electron chi connectivity index (χ1n) is 22.4. The van der Waals surface area contributed by atoms with E-state index in [-0.39, 0.29) is 19.2 Å². The normalized spacial score (nSPS) is 21.0. The van der Waals surface area contributed by atoms with Gasteiger partial charge in [0.05, 0.1) is 19.8 Å². The van der Waals surface area contributed by atoms with Gasteiger partial charge in [0.25, 0.3) is 0 Å². The van der Waals surface area contributed by atoms with Crippen molar-refractivity contribution in [1.82, 2.24) is 0 Å². The van der Waals surface area contributed by atoms with E-state index in [9.17, 15) is 25.2 Å². The van der Waals surface area contributed by atoms with Crippen LogP contribution in [0.3, 0.4) is 0 Å². The second-order valence-electron chi connectivity index (χ2n) is 15.5. The monoisotopic (exact) mass is 769 g/mol. The maximum atomic E-state index is 12.8. The highest BCUT2D eigenvalue weighted by Gasteiger charge is 2.44. The van der Waals surface area contributed by atoms with Gasteiger partial charge < -0.3 is 39.4 Å². The molecule has 1 aliphatic rings. The van der Waals surface area contributed by atoms with Gasteiger partial charge in [0.1, 0.15) is 30.5 Å². The van der Waals surface area contributed by atoms with Crippen molar-refractivity contribution in [3.05, 3.63) is 24.3 Å². The van der Waals surface area contributed by atoms with E-state index in [1.165, 1.54) is 128 Å². The summed E-state index contributed by atoms with van der Waals surface area (Å²) in [6.07, 6.45) is 34.8. The highest BCUT2D eigenvalue weighted by Crippen LogP contribution is 2.22. The number of ether oxygens (including phenoxy) is 4. The molecule has 0 radical (unpaired) electrons. The van der Waals surface area contributed by atoms with Crippen LogP contribution in [0.1, 0.15) is 194 Å². The molecule has 6 unspecified atom stereocenters. The molecule has 0 aromatic heterocycles. The summed E-state index contributed by atoms with van der Waals surface area (Å²) in [4.78, 5) is 12.8. The number of carbonyl (C=O) groups excluding carboxylic acids is 1. The molecule has 4 N–H and O–H groups in total. The van der Waals surface area contributed by atoms with E-state index >= 15 is 0 Å². The number of aliphatic hydroxyl groups excluding tert-OH is 4. The Bertz CT molecular complexity index is 879. The minimum absolute atomic E-state index is 0.113. The third-order valence-electron chi connectivity index (χ3n) is 10.4. The molecule has 1 aliphatic heterocycles. The van der Waals surface area contributed by atoms with Crippen molar-refractivity contribution in [3.63, 3.8) is 0 Å². The van der Waals surface area contributed by atoms with Gasteiger partial charge in [-0.3, -0.25) is 4.79 Å². The van der Waals surface area contributed by atoms with Gasteiger partial charge in [0, 0.05) is 13.0 Å². The number of rotatable bonds is 38. The van der Waals surface area contributed by atoms with Gasteiger partial charge in [0.15, 0.2) is 6.29 Å². The third-order valence-corrected chi connectivity index (χ3v) is 10.4. The number of hydrogen-bond donors (Lipinski definition) is 4. The van der Waals surface area contributed by atoms with Crippen LogP contribution in [0.2, 0.25) is 0 Å². The van der Waals surface area contributed by atoms with E-state index in [0.717, 1.165) is 44.9 Å². The average Bonchev–Trinajstić information content (AvgIpc) is 3.17. The Morgan fingerprint density at radius 1 is 0.593 bits per heavy atom. The predicted molar refractivity (Wildman–Crippen MR) is 219 cm³/mol. The Balaban J connectivity index is 2.26. The fourth-order valence-corrected chi connectivity index (χ4v) is 6.82. The Morgan fingerprint density at radius 2 is 1.07 bits per heavy atom. The largest absolute Gasteiger partial charge is 0.457 e. The van der Waals surface area contributed by atoms with Crippen LogP contribution in [-0.2, 0) is 23.7 Å². The number of carbonyl (C=O) groups is 1. The van der Waals surface area contributed by atoms with Crippen molar-refractivity contribution < 1.29 is 44.2 Å². The fourth-order valence-electron chi connectivity index (χ4n) is 6.82. The van der Waals surface area contributed by atoms with E-state index in [0.29, 0.717) is 13.0 Å². The zero-order valence-corrected chi connectivity index (χ0v) is 34.7. The van der Waals surface area contributed by atoms with Crippen molar-refractivity contribution in [2.75, 3.05) is 26.4 Å². The molecule has 318 valence electrons. The molecule has 9 heteroatoms. The lowest BCUT2D eigenvalue weighted by Gasteiger charge is -2.39. The molecule has 54 heavy (non-hydrogen) atoms. The van der Waals surface area contributed by atoms with Crippen molar-refractivity contribution in [3.8, 4) is 0 Å². The standard InChI is InChI=1S/C45H84O9/c1-3-5-7-9-11-13-15-17-18-19-20-21-22-24-26-28-30-32-34-41(47)53-39(38-52-45-44(50)43(49)42(48)40(36-46)54-45)37-51-35-33-31-29-27-25-23-16-14-12-10-8-6-4-2/h13,15,18-19,39-40,42-46,48-50H,3-12,14,16-17,20-38H2,1-2H3/b15-13-,19-18-. The molecular weight excluding hydrogens is 684 g/mol. The molecule has 1 heterocycles. The van der Waals surface area contributed by atoms with Gasteiger partial charge in [-0.2, -0.15) is 0 Å². The summed E-state index contributed by atoms with van der Waals surface area (Å²) >= 11 is 0. The Labute approximate surface area is 330 Å². The van der Waals surface area contributed by atoms with Crippen molar-refractivity contribution in [2.45, 2.75) is 230 Å². The van der Waals surface area contributed by atoms with Gasteiger partial charge in [-0.1, -0.05) is 167 Å². The lowest BCUT2D eigenvalue weighted by atomic mass is 9.99. The third kappa shape index (κ3) is 28.1. The quantitative estimate of drug-likeness (QED) is 0.0275. The van der Waals surface area contributed by atoms with Crippen LogP contribution in [0, 0.1) is 0 Å². The SMILES string of the molecule is CCCCCC/C=C\C/C=C\CCCCCCCCCC(=O)OC(COCCCCCCCCCCCCCCC)COC1OC(CO)C(O)C(O)C1O. The Kier molecular flexibility index (Phi) is 35.0. The van der Waals surface area contributed by atoms with Gasteiger partial charge in [0.2, 0.25) is 0 Å². The lowest BCUT2D eigenvalue weighted by molar-refractivity contribution is -0.305. The second kappa shape index (κ2) is 37.3. The molecule has 0 aromatic carbocycles. The van der Waals surface area contributed by atoms with Crippen LogP contribution in [0.4, 0.5) is 0 Å². The Hall–Kier alpha value is -1.33. The number of hydrogen-bond acceptors (Lipinski definition) is 9. The van der Waals surface area contributed by atoms with Crippen LogP contribution in [0.15, 0.2) is 24.3 Å². The summed E-state index contributed by atoms with van der Waals surface area (Å²) in [5, 5.41) is 40.1. The van der Waals surface area contributed by atoms with E-state index in [4.69, 9.17) is 18.9 Å². The first kappa shape index (κ1) is 50.7. The molecule has 0 amide bonds. The average molecular weight is 769 g/mol. The lowest BCUT2D eigenvalue weighted by Crippen LogP contribution is -2.59. The summed E-state index contributed by atoms with van der Waals surface area (Å²) in [7, 11) is 0. The highest BCUT2D eigenvalue weighted by atomic mass is 16.7. The van der Waals surface area contributed by atoms with Crippen LogP contribution in [0.25, 0.3) is 0 Å². The van der Waals surface area contributed by atoms with E-state index < -0.39 is 43.4 Å². The van der Waals surface area contributed by atoms with Crippen LogP contribution >= 0.6 is 0 Å². The molecule has 0 aromatic rings. The zero-order chi connectivity index (χ0) is 39.3. The summed E-state index contributed by atoms with van der Waals surface area (Å²) in [5.41, 5.74) is 0. The van der Waals surface area contributed by atoms with E-state index in [2.05, 4.69) is 38.2 Å². The molecule has 9 nitrogen and oxygen atoms in total. The van der Waals surface area contributed by atoms with Crippen molar-refractivity contribution in [2.24, 2.45) is 0 Å². The van der Waals surface area contributed by atoms with Crippen LogP contribution in [0.5, 0.6) is 0 Å². The summed E-state index contributed by atoms with van der Waals surface area (Å²) in [5.74, 6) is -0.319. The fraction of sp³-hybridized carbons (Fsp3) is 0.889. The summed E-state index contributed by atoms with van der Waals surface area (Å²) in [6.45, 7) is 4.55. The first-order chi connectivity index (χ1) is 26.4. The molecule has 0 bridgehead atoms. The van der Waals surface area contributed by atoms with Gasteiger partial charge in [-0.05, 0) is 44.9 Å². The maximum absolute atomic E-state index is 12.8. The van der Waals surface area contributed by atoms with E-state index in [1.807, 2.05) is 0 Å². The minimum atomic E-state index is -1.53. The van der Waals surface area contributed by atoms with Crippen LogP contribution in [-0.4, -0.2) is 89.6 Å². The predicted octanol–water partition coefficient (Wildman–Crippen LogP) is 9.81. The first-order valence-corrected chi connectivity index (χ1v) is 22.4. The van der Waals surface area contributed by atoms with Crippen molar-refractivity contribution in [1.29, 1.82) is 0 Å². The molecule has 6 atom stereocenters. The smallest absolute Gasteiger partial charge is 0.306 e. The van der Waals surface area contributed by atoms with Gasteiger partial charge in [-0.25, -0.2) is 0 Å². The van der Waals surface area contributed by atoms with Crippen molar-refractivity contribution >= 4 is 5.97 Å². The highest BCUT2D eigenvalue weighted by molar-refractivity contribution is 5.69. The molecular formula is C45H84O9. The molecule has 0 saturated carbocycles. The molecule has 0 aliphatic carbocycles. The number of unbranched alkanes of at least 4 members (excludes halogenated alkanes) is 23. The molecule has 1 fully saturated rings. The number of allylic oxidation sites excluding steroid dienone is 4. The van der Waals surface area contributed by atoms with Crippen LogP contribution < -0.4 is 0 Å². The topological polar surface area (TPSA) is 135 Å². The Morgan fingerprint density at radius 3 is 1.61 bits per heavy atom. The zero-order valence-electron chi connectivity index (χ0n) is 34.7. The van der Waals surface area contributed by atoms with E-state index in [1.54, 1.807) is 0 Å². The molecule has 1 rings (SSSR count). The summed E-state index contributed by atoms with van der Waals surface area (Å²) in [6, 6.07) is 0. The van der Waals surface area contributed by atoms with Gasteiger partial charge in [-0.15, -0.1) is 0 Å². The number of aliphatic hydroxyl groups is 4. The second-order valence-corrected chi connectivity index (χ2v) is 15.5. The minimum Gasteiger partial charge on any atom is -0.457 e. The maximum Gasteiger partial charge on any atom is 0.306 e. The molecule has 0 spiro atoms. The number of esters is 1. The van der Waals surface area contributed by atoms with Gasteiger partial charge >= 0.3 is 5.97 Å².